The summed E-state index contributed by atoms with van der Waals surface area (Å²) in [5.74, 6) is -1.47. The van der Waals surface area contributed by atoms with Gasteiger partial charge in [-0.15, -0.1) is 0 Å². The number of carbonyl (C=O) groups is 3. The highest BCUT2D eigenvalue weighted by molar-refractivity contribution is 6.35. The molecule has 2 N–H and O–H groups in total. The lowest BCUT2D eigenvalue weighted by molar-refractivity contribution is -0.145. The van der Waals surface area contributed by atoms with Gasteiger partial charge < -0.3 is 14.6 Å². The number of methoxy groups -OCH3 is 2. The van der Waals surface area contributed by atoms with Crippen LogP contribution in [0.15, 0.2) is 36.4 Å². The zero-order chi connectivity index (χ0) is 25.4. The number of amides is 2. The fourth-order valence-corrected chi connectivity index (χ4v) is 3.69. The van der Waals surface area contributed by atoms with Gasteiger partial charge in [0.05, 0.1) is 24.8 Å². The molecule has 34 heavy (non-hydrogen) atoms. The normalized spacial score (nSPS) is 11.6. The molecule has 184 valence electrons. The van der Waals surface area contributed by atoms with Crippen LogP contribution in [0, 0.1) is 5.92 Å². The van der Waals surface area contributed by atoms with Crippen LogP contribution in [0.1, 0.15) is 42.6 Å². The number of aryl methyl sites for hydroxylation is 1. The van der Waals surface area contributed by atoms with E-state index < -0.39 is 23.8 Å². The molecule has 0 spiro atoms. The van der Waals surface area contributed by atoms with E-state index in [2.05, 4.69) is 5.43 Å². The third-order valence-electron chi connectivity index (χ3n) is 5.03. The number of nitrogens with one attached hydrogen (secondary N) is 1. The number of benzene rings is 2. The Morgan fingerprint density at radius 2 is 1.76 bits per heavy atom. The minimum absolute atomic E-state index is 0.0127. The molecule has 8 nitrogen and oxygen atoms in total. The molecule has 10 heteroatoms. The SMILES string of the molecule is COc1ccc(CCC(=O)NN(C(=O)c2cc(Cl)ccc2Cl)C(CC(C)C)C(=O)O)c(OC)c1. The van der Waals surface area contributed by atoms with Crippen LogP contribution in [0.25, 0.3) is 0 Å². The molecule has 0 aromatic heterocycles. The van der Waals surface area contributed by atoms with Crippen molar-refractivity contribution in [3.63, 3.8) is 0 Å². The second kappa shape index (κ2) is 12.5. The number of hydrogen-bond donors (Lipinski definition) is 2. The number of hydrazine groups is 1. The predicted molar refractivity (Wildman–Crippen MR) is 130 cm³/mol. The standard InChI is InChI=1S/C24H28Cl2N2O6/c1-14(2)11-20(24(31)32)28(23(30)18-12-16(25)7-9-19(18)26)27-22(29)10-6-15-5-8-17(33-3)13-21(15)34-4/h5,7-9,12-14,20H,6,10-11H2,1-4H3,(H,27,29)(H,31,32). The van der Waals surface area contributed by atoms with Gasteiger partial charge in [0.2, 0.25) is 5.91 Å². The zero-order valence-corrected chi connectivity index (χ0v) is 20.9. The van der Waals surface area contributed by atoms with Gasteiger partial charge in [0.25, 0.3) is 5.91 Å². The molecule has 2 aromatic carbocycles. The Labute approximate surface area is 208 Å². The van der Waals surface area contributed by atoms with Crippen LogP contribution >= 0.6 is 23.2 Å². The molecule has 0 radical (unpaired) electrons. The third kappa shape index (κ3) is 7.27. The molecule has 0 heterocycles. The number of carboxylic acid groups (broad SMARTS) is 1. The molecular weight excluding hydrogens is 483 g/mol. The molecule has 0 aliphatic carbocycles. The second-order valence-electron chi connectivity index (χ2n) is 8.00. The van der Waals surface area contributed by atoms with Crippen molar-refractivity contribution in [3.05, 3.63) is 57.6 Å². The first-order valence-electron chi connectivity index (χ1n) is 10.6. The maximum absolute atomic E-state index is 13.3. The molecule has 2 aromatic rings. The summed E-state index contributed by atoms with van der Waals surface area (Å²) in [6, 6.07) is 8.20. The molecule has 0 aliphatic heterocycles. The smallest absolute Gasteiger partial charge is 0.328 e. The van der Waals surface area contributed by atoms with Crippen LogP contribution in [0.5, 0.6) is 11.5 Å². The Bertz CT molecular complexity index is 1040. The van der Waals surface area contributed by atoms with Crippen LogP contribution < -0.4 is 14.9 Å². The van der Waals surface area contributed by atoms with Crippen molar-refractivity contribution in [1.82, 2.24) is 10.4 Å². The van der Waals surface area contributed by atoms with Crippen LogP contribution in [0.2, 0.25) is 10.0 Å². The largest absolute Gasteiger partial charge is 0.497 e. The van der Waals surface area contributed by atoms with E-state index in [0.717, 1.165) is 10.6 Å². The Morgan fingerprint density at radius 1 is 1.06 bits per heavy atom. The van der Waals surface area contributed by atoms with E-state index in [4.69, 9.17) is 32.7 Å². The number of aliphatic carboxylic acids is 1. The monoisotopic (exact) mass is 510 g/mol. The Kier molecular flexibility index (Phi) is 10.0. The van der Waals surface area contributed by atoms with Gasteiger partial charge in [0, 0.05) is 17.5 Å². The summed E-state index contributed by atoms with van der Waals surface area (Å²) in [5.41, 5.74) is 3.22. The van der Waals surface area contributed by atoms with Crippen molar-refractivity contribution in [2.24, 2.45) is 5.92 Å². The van der Waals surface area contributed by atoms with E-state index in [1.54, 1.807) is 18.2 Å². The highest BCUT2D eigenvalue weighted by Crippen LogP contribution is 2.26. The molecule has 2 rings (SSSR count). The maximum Gasteiger partial charge on any atom is 0.328 e. The fraction of sp³-hybridized carbons (Fsp3) is 0.375. The molecule has 1 unspecified atom stereocenters. The van der Waals surface area contributed by atoms with E-state index in [1.165, 1.54) is 32.4 Å². The summed E-state index contributed by atoms with van der Waals surface area (Å²) < 4.78 is 10.5. The molecule has 0 saturated heterocycles. The van der Waals surface area contributed by atoms with Gasteiger partial charge in [0.1, 0.15) is 11.5 Å². The maximum atomic E-state index is 13.3. The van der Waals surface area contributed by atoms with Gasteiger partial charge in [-0.2, -0.15) is 0 Å². The summed E-state index contributed by atoms with van der Waals surface area (Å²) in [7, 11) is 3.05. The molecule has 0 saturated carbocycles. The predicted octanol–water partition coefficient (Wildman–Crippen LogP) is 4.62. The lowest BCUT2D eigenvalue weighted by Crippen LogP contribution is -2.55. The van der Waals surface area contributed by atoms with Crippen molar-refractivity contribution < 1.29 is 29.0 Å². The Balaban J connectivity index is 2.28. The van der Waals surface area contributed by atoms with Crippen molar-refractivity contribution in [1.29, 1.82) is 0 Å². The second-order valence-corrected chi connectivity index (χ2v) is 8.84. The number of carboxylic acids is 1. The first kappa shape index (κ1) is 27.3. The Hall–Kier alpha value is -2.97. The van der Waals surface area contributed by atoms with Crippen molar-refractivity contribution in [2.45, 2.75) is 39.2 Å². The van der Waals surface area contributed by atoms with Gasteiger partial charge in [-0.25, -0.2) is 9.80 Å². The highest BCUT2D eigenvalue weighted by atomic mass is 35.5. The molecule has 2 amide bonds. The van der Waals surface area contributed by atoms with Gasteiger partial charge >= 0.3 is 5.97 Å². The van der Waals surface area contributed by atoms with Crippen molar-refractivity contribution in [3.8, 4) is 11.5 Å². The lowest BCUT2D eigenvalue weighted by Gasteiger charge is -2.30. The zero-order valence-electron chi connectivity index (χ0n) is 19.4. The summed E-state index contributed by atoms with van der Waals surface area (Å²) in [5, 5.41) is 11.0. The van der Waals surface area contributed by atoms with Crippen LogP contribution in [0.3, 0.4) is 0 Å². The lowest BCUT2D eigenvalue weighted by atomic mass is 10.0. The van der Waals surface area contributed by atoms with Gasteiger partial charge in [-0.3, -0.25) is 15.0 Å². The summed E-state index contributed by atoms with van der Waals surface area (Å²) in [6.45, 7) is 3.64. The molecule has 0 aliphatic rings. The number of nitrogens with zero attached hydrogens (tertiary/aromatic N) is 1. The fourth-order valence-electron chi connectivity index (χ4n) is 3.32. The topological polar surface area (TPSA) is 105 Å². The van der Waals surface area contributed by atoms with E-state index in [0.29, 0.717) is 17.9 Å². The van der Waals surface area contributed by atoms with Crippen LogP contribution in [-0.2, 0) is 16.0 Å². The number of rotatable bonds is 10. The number of hydrogen-bond acceptors (Lipinski definition) is 5. The molecule has 1 atom stereocenters. The first-order chi connectivity index (χ1) is 16.1. The molecule has 0 fully saturated rings. The van der Waals surface area contributed by atoms with E-state index in [1.807, 2.05) is 13.8 Å². The van der Waals surface area contributed by atoms with Crippen molar-refractivity contribution in [2.75, 3.05) is 14.2 Å². The van der Waals surface area contributed by atoms with E-state index >= 15 is 0 Å². The first-order valence-corrected chi connectivity index (χ1v) is 11.3. The van der Waals surface area contributed by atoms with Gasteiger partial charge in [0.15, 0.2) is 6.04 Å². The Morgan fingerprint density at radius 3 is 2.35 bits per heavy atom. The van der Waals surface area contributed by atoms with Crippen LogP contribution in [-0.4, -0.2) is 48.2 Å². The highest BCUT2D eigenvalue weighted by Gasteiger charge is 2.33. The van der Waals surface area contributed by atoms with Gasteiger partial charge in [-0.05, 0) is 48.6 Å². The average molecular weight is 511 g/mol. The van der Waals surface area contributed by atoms with Gasteiger partial charge in [-0.1, -0.05) is 43.1 Å². The number of halogens is 2. The number of carbonyl (C=O) groups excluding carboxylic acids is 2. The average Bonchev–Trinajstić information content (AvgIpc) is 2.80. The molecule has 0 bridgehead atoms. The third-order valence-corrected chi connectivity index (χ3v) is 5.59. The minimum Gasteiger partial charge on any atom is -0.497 e. The van der Waals surface area contributed by atoms with E-state index in [-0.39, 0.29) is 34.4 Å². The minimum atomic E-state index is -1.30. The van der Waals surface area contributed by atoms with E-state index in [9.17, 15) is 19.5 Å². The van der Waals surface area contributed by atoms with Crippen LogP contribution in [0.4, 0.5) is 0 Å². The molecular formula is C24H28Cl2N2O6. The number of ether oxygens (including phenoxy) is 2. The quantitative estimate of drug-likeness (QED) is 0.452. The van der Waals surface area contributed by atoms with Crippen molar-refractivity contribution >= 4 is 41.0 Å². The summed E-state index contributed by atoms with van der Waals surface area (Å²) in [4.78, 5) is 38.2. The summed E-state index contributed by atoms with van der Waals surface area (Å²) in [6.07, 6.45) is 0.385. The summed E-state index contributed by atoms with van der Waals surface area (Å²) >= 11 is 12.2.